The van der Waals surface area contributed by atoms with Crippen LogP contribution in [0.5, 0.6) is 0 Å². The Morgan fingerprint density at radius 2 is 2.08 bits per heavy atom. The third-order valence-electron chi connectivity index (χ3n) is 1.39. The molecule has 0 radical (unpaired) electrons. The van der Waals surface area contributed by atoms with E-state index >= 15 is 0 Å². The molecule has 4 nitrogen and oxygen atoms in total. The fraction of sp³-hybridized carbons (Fsp3) is 1.00. The Kier molecular flexibility index (Phi) is 8.32. The Morgan fingerprint density at radius 1 is 1.38 bits per heavy atom. The average Bonchev–Trinajstić information content (AvgIpc) is 2.05. The molecular weight excluding hydrogens is 305 g/mol. The van der Waals surface area contributed by atoms with Gasteiger partial charge in [0.15, 0.2) is 0 Å². The van der Waals surface area contributed by atoms with Gasteiger partial charge in [0.2, 0.25) is 10.0 Å². The van der Waals surface area contributed by atoms with E-state index in [1.807, 2.05) is 0 Å². The van der Waals surface area contributed by atoms with Gasteiger partial charge in [-0.15, -0.1) is 0 Å². The summed E-state index contributed by atoms with van der Waals surface area (Å²) in [5.74, 6) is 0.155. The molecule has 0 aliphatic heterocycles. The molecule has 0 atom stereocenters. The van der Waals surface area contributed by atoms with Crippen LogP contribution in [-0.2, 0) is 14.8 Å². The number of methoxy groups -OCH3 is 1. The van der Waals surface area contributed by atoms with Crippen LogP contribution in [0.2, 0.25) is 0 Å². The molecule has 0 aromatic heterocycles. The van der Waals surface area contributed by atoms with Crippen molar-refractivity contribution in [1.82, 2.24) is 4.72 Å². The molecule has 0 bridgehead atoms. The highest BCUT2D eigenvalue weighted by molar-refractivity contribution is 14.1. The zero-order chi connectivity index (χ0) is 10.2. The molecule has 0 aliphatic rings. The van der Waals surface area contributed by atoms with Crippen molar-refractivity contribution in [3.8, 4) is 0 Å². The first-order valence-electron chi connectivity index (χ1n) is 4.14. The minimum absolute atomic E-state index is 0.155. The third-order valence-corrected chi connectivity index (χ3v) is 3.63. The Labute approximate surface area is 93.6 Å². The van der Waals surface area contributed by atoms with Crippen molar-refractivity contribution in [3.05, 3.63) is 0 Å². The third kappa shape index (κ3) is 8.92. The predicted octanol–water partition coefficient (Wildman–Crippen LogP) is 0.767. The summed E-state index contributed by atoms with van der Waals surface area (Å²) in [4.78, 5) is 0. The zero-order valence-corrected chi connectivity index (χ0v) is 10.7. The molecular formula is C7H16INO3S. The number of ether oxygens (including phenoxy) is 1. The van der Waals surface area contributed by atoms with Crippen molar-refractivity contribution in [3.63, 3.8) is 0 Å². The minimum atomic E-state index is -3.06. The van der Waals surface area contributed by atoms with E-state index in [9.17, 15) is 8.42 Å². The van der Waals surface area contributed by atoms with Gasteiger partial charge in [0.25, 0.3) is 0 Å². The number of sulfonamides is 1. The van der Waals surface area contributed by atoms with Crippen LogP contribution in [0.3, 0.4) is 0 Å². The van der Waals surface area contributed by atoms with E-state index in [4.69, 9.17) is 4.74 Å². The fourth-order valence-electron chi connectivity index (χ4n) is 0.760. The lowest BCUT2D eigenvalue weighted by Gasteiger charge is -2.04. The van der Waals surface area contributed by atoms with Gasteiger partial charge in [-0.1, -0.05) is 22.6 Å². The molecule has 0 aromatic carbocycles. The number of rotatable bonds is 8. The summed E-state index contributed by atoms with van der Waals surface area (Å²) in [5.41, 5.74) is 0. The maximum atomic E-state index is 11.2. The second-order valence-corrected chi connectivity index (χ2v) is 5.61. The highest BCUT2D eigenvalue weighted by Gasteiger charge is 2.07. The van der Waals surface area contributed by atoms with Gasteiger partial charge in [-0.05, 0) is 12.8 Å². The van der Waals surface area contributed by atoms with E-state index in [1.165, 1.54) is 0 Å². The molecule has 80 valence electrons. The number of halogens is 1. The first-order valence-corrected chi connectivity index (χ1v) is 7.32. The van der Waals surface area contributed by atoms with Crippen molar-refractivity contribution < 1.29 is 13.2 Å². The minimum Gasteiger partial charge on any atom is -0.385 e. The lowest BCUT2D eigenvalue weighted by atomic mass is 10.5. The molecule has 0 saturated carbocycles. The van der Waals surface area contributed by atoms with Crippen molar-refractivity contribution in [2.75, 3.05) is 30.4 Å². The monoisotopic (exact) mass is 321 g/mol. The zero-order valence-electron chi connectivity index (χ0n) is 7.75. The van der Waals surface area contributed by atoms with Gasteiger partial charge in [-0.25, -0.2) is 13.1 Å². The van der Waals surface area contributed by atoms with Crippen LogP contribution >= 0.6 is 22.6 Å². The van der Waals surface area contributed by atoms with E-state index in [1.54, 1.807) is 7.11 Å². The summed E-state index contributed by atoms with van der Waals surface area (Å²) in [6.07, 6.45) is 1.43. The molecule has 13 heavy (non-hydrogen) atoms. The summed E-state index contributed by atoms with van der Waals surface area (Å²) >= 11 is 2.22. The van der Waals surface area contributed by atoms with Crippen molar-refractivity contribution in [2.24, 2.45) is 0 Å². The van der Waals surface area contributed by atoms with E-state index in [-0.39, 0.29) is 5.75 Å². The lowest BCUT2D eigenvalue weighted by molar-refractivity contribution is 0.199. The Balaban J connectivity index is 3.55. The predicted molar refractivity (Wildman–Crippen MR) is 61.8 cm³/mol. The quantitative estimate of drug-likeness (QED) is 0.408. The summed E-state index contributed by atoms with van der Waals surface area (Å²) in [7, 11) is -1.49. The molecule has 0 saturated heterocycles. The smallest absolute Gasteiger partial charge is 0.211 e. The molecule has 0 fully saturated rings. The summed E-state index contributed by atoms with van der Waals surface area (Å²) < 4.78 is 30.7. The molecule has 0 heterocycles. The van der Waals surface area contributed by atoms with E-state index < -0.39 is 10.0 Å². The molecule has 0 amide bonds. The molecule has 0 unspecified atom stereocenters. The van der Waals surface area contributed by atoms with Crippen LogP contribution in [0, 0.1) is 0 Å². The fourth-order valence-corrected chi connectivity index (χ4v) is 2.24. The maximum Gasteiger partial charge on any atom is 0.211 e. The van der Waals surface area contributed by atoms with Gasteiger partial charge in [0.1, 0.15) is 0 Å². The average molecular weight is 321 g/mol. The second-order valence-electron chi connectivity index (χ2n) is 2.60. The lowest BCUT2D eigenvalue weighted by Crippen LogP contribution is -2.28. The molecule has 0 aliphatic carbocycles. The summed E-state index contributed by atoms with van der Waals surface area (Å²) in [6.45, 7) is 1.03. The molecule has 6 heteroatoms. The largest absolute Gasteiger partial charge is 0.385 e. The molecule has 0 rings (SSSR count). The van der Waals surface area contributed by atoms with Gasteiger partial charge >= 0.3 is 0 Å². The van der Waals surface area contributed by atoms with Crippen LogP contribution < -0.4 is 4.72 Å². The number of hydrogen-bond donors (Lipinski definition) is 1. The molecule has 1 N–H and O–H groups in total. The Bertz CT molecular complexity index is 190. The standard InChI is InChI=1S/C7H16INO3S/c1-12-6-3-7-13(10,11)9-5-2-4-8/h9H,2-7H2,1H3. The van der Waals surface area contributed by atoms with Crippen LogP contribution in [0.1, 0.15) is 12.8 Å². The first-order chi connectivity index (χ1) is 6.12. The summed E-state index contributed by atoms with van der Waals surface area (Å²) in [5, 5.41) is 0. The normalized spacial score (nSPS) is 11.8. The van der Waals surface area contributed by atoms with Crippen LogP contribution in [0.4, 0.5) is 0 Å². The molecule has 0 aromatic rings. The van der Waals surface area contributed by atoms with Crippen LogP contribution in [0.25, 0.3) is 0 Å². The number of nitrogens with one attached hydrogen (secondary N) is 1. The Morgan fingerprint density at radius 3 is 2.62 bits per heavy atom. The number of hydrogen-bond acceptors (Lipinski definition) is 3. The van der Waals surface area contributed by atoms with E-state index in [0.717, 1.165) is 10.8 Å². The highest BCUT2D eigenvalue weighted by atomic mass is 127. The van der Waals surface area contributed by atoms with Crippen LogP contribution in [-0.4, -0.2) is 38.9 Å². The first kappa shape index (κ1) is 13.6. The van der Waals surface area contributed by atoms with Gasteiger partial charge in [0.05, 0.1) is 5.75 Å². The molecule has 0 spiro atoms. The van der Waals surface area contributed by atoms with Crippen molar-refractivity contribution in [1.29, 1.82) is 0 Å². The van der Waals surface area contributed by atoms with Gasteiger partial charge in [-0.3, -0.25) is 0 Å². The van der Waals surface area contributed by atoms with Crippen LogP contribution in [0.15, 0.2) is 0 Å². The number of alkyl halides is 1. The van der Waals surface area contributed by atoms with Crippen molar-refractivity contribution in [2.45, 2.75) is 12.8 Å². The van der Waals surface area contributed by atoms with E-state index in [0.29, 0.717) is 19.6 Å². The van der Waals surface area contributed by atoms with Gasteiger partial charge in [0, 0.05) is 24.7 Å². The summed E-state index contributed by atoms with van der Waals surface area (Å²) in [6, 6.07) is 0. The van der Waals surface area contributed by atoms with Gasteiger partial charge in [-0.2, -0.15) is 0 Å². The maximum absolute atomic E-state index is 11.2. The van der Waals surface area contributed by atoms with Gasteiger partial charge < -0.3 is 4.74 Å². The SMILES string of the molecule is COCCCS(=O)(=O)NCCCI. The highest BCUT2D eigenvalue weighted by Crippen LogP contribution is 1.92. The Hall–Kier alpha value is 0.600. The van der Waals surface area contributed by atoms with Crippen molar-refractivity contribution >= 4 is 32.6 Å². The van der Waals surface area contributed by atoms with E-state index in [2.05, 4.69) is 27.3 Å². The second kappa shape index (κ2) is 7.95. The topological polar surface area (TPSA) is 55.4 Å².